The van der Waals surface area contributed by atoms with Crippen molar-refractivity contribution in [3.63, 3.8) is 0 Å². The maximum Gasteiger partial charge on any atom is 0.335 e. The van der Waals surface area contributed by atoms with Crippen molar-refractivity contribution in [3.05, 3.63) is 23.8 Å². The summed E-state index contributed by atoms with van der Waals surface area (Å²) in [7, 11) is 5.89. The second-order valence-corrected chi connectivity index (χ2v) is 5.60. The van der Waals surface area contributed by atoms with Gasteiger partial charge in [0, 0.05) is 14.0 Å². The van der Waals surface area contributed by atoms with Gasteiger partial charge in [0.2, 0.25) is 25.9 Å². The third-order valence-corrected chi connectivity index (χ3v) is 3.43. The number of hydrogen-bond donors (Lipinski definition) is 5. The summed E-state index contributed by atoms with van der Waals surface area (Å²) in [6.07, 6.45) is -7.93. The lowest BCUT2D eigenvalue weighted by atomic mass is 10.1. The Morgan fingerprint density at radius 2 is 1.82 bits per heavy atom. The largest absolute Gasteiger partial charge is 0.479 e. The molecule has 0 saturated carbocycles. The zero-order valence-corrected chi connectivity index (χ0v) is 15.1. The maximum atomic E-state index is 11.4. The van der Waals surface area contributed by atoms with E-state index >= 15 is 0 Å². The molecule has 2 radical (unpaired) electrons. The summed E-state index contributed by atoms with van der Waals surface area (Å²) < 4.78 is 14.3. The van der Waals surface area contributed by atoms with E-state index in [-0.39, 0.29) is 18.0 Å². The molecule has 0 aliphatic rings. The molecule has 28 heavy (non-hydrogen) atoms. The van der Waals surface area contributed by atoms with Crippen LogP contribution >= 0.6 is 0 Å². The van der Waals surface area contributed by atoms with E-state index in [9.17, 15) is 29.7 Å². The van der Waals surface area contributed by atoms with E-state index in [0.717, 1.165) is 7.11 Å². The van der Waals surface area contributed by atoms with Crippen molar-refractivity contribution in [2.75, 3.05) is 12.4 Å². The lowest BCUT2D eigenvalue weighted by Crippen LogP contribution is -2.50. The van der Waals surface area contributed by atoms with Crippen LogP contribution in [0.1, 0.15) is 12.5 Å². The van der Waals surface area contributed by atoms with Gasteiger partial charge in [0.25, 0.3) is 0 Å². The van der Waals surface area contributed by atoms with Gasteiger partial charge in [-0.2, -0.15) is 0 Å². The van der Waals surface area contributed by atoms with Crippen LogP contribution in [0.2, 0.25) is 0 Å². The van der Waals surface area contributed by atoms with E-state index in [2.05, 4.69) is 14.8 Å². The average Bonchev–Trinajstić information content (AvgIpc) is 2.60. The number of carboxylic acid groups (broad SMARTS) is 1. The van der Waals surface area contributed by atoms with Gasteiger partial charge in [-0.3, -0.25) is 9.59 Å². The Kier molecular flexibility index (Phi) is 8.86. The molecule has 1 rings (SSSR count). The highest BCUT2D eigenvalue weighted by Gasteiger charge is 2.37. The number of anilines is 1. The van der Waals surface area contributed by atoms with Crippen molar-refractivity contribution in [1.29, 1.82) is 0 Å². The van der Waals surface area contributed by atoms with Crippen LogP contribution in [0.4, 0.5) is 10.5 Å². The van der Waals surface area contributed by atoms with Crippen LogP contribution in [0.3, 0.4) is 0 Å². The molecule has 0 bridgehead atoms. The minimum Gasteiger partial charge on any atom is -0.479 e. The highest BCUT2D eigenvalue weighted by atomic mass is 16.6. The van der Waals surface area contributed by atoms with E-state index in [1.165, 1.54) is 25.1 Å². The molecule has 4 atom stereocenters. The monoisotopic (exact) mass is 397 g/mol. The first-order valence-electron chi connectivity index (χ1n) is 7.86. The summed E-state index contributed by atoms with van der Waals surface area (Å²) in [5.41, 5.74) is 0.482. The number of ether oxygens (including phenoxy) is 3. The number of nitrogens with one attached hydrogen (secondary N) is 1. The van der Waals surface area contributed by atoms with Gasteiger partial charge in [-0.1, -0.05) is 6.07 Å². The van der Waals surface area contributed by atoms with E-state index < -0.39 is 42.3 Å². The Labute approximate surface area is 161 Å². The van der Waals surface area contributed by atoms with Crippen LogP contribution in [0, 0.1) is 0 Å². The molecule has 0 heterocycles. The van der Waals surface area contributed by atoms with Crippen molar-refractivity contribution in [3.8, 4) is 5.75 Å². The van der Waals surface area contributed by atoms with Crippen molar-refractivity contribution in [2.45, 2.75) is 38.1 Å². The van der Waals surface area contributed by atoms with Crippen molar-refractivity contribution in [1.82, 2.24) is 0 Å². The molecular weight excluding hydrogens is 377 g/mol. The number of carbonyl (C=O) groups is 3. The Balaban J connectivity index is 2.99. The van der Waals surface area contributed by atoms with Gasteiger partial charge >= 0.3 is 5.97 Å². The second-order valence-electron chi connectivity index (χ2n) is 5.60. The zero-order chi connectivity index (χ0) is 21.4. The molecular formula is C16H20BNO10. The second kappa shape index (κ2) is 10.6. The highest BCUT2D eigenvalue weighted by molar-refractivity contribution is 6.55. The maximum absolute atomic E-state index is 11.4. The Hall–Kier alpha value is -2.67. The molecule has 0 aliphatic heterocycles. The summed E-state index contributed by atoms with van der Waals surface area (Å²) >= 11 is 0. The molecule has 11 nitrogen and oxygen atoms in total. The molecule has 1 amide bonds. The van der Waals surface area contributed by atoms with E-state index in [1.54, 1.807) is 0 Å². The third-order valence-electron chi connectivity index (χ3n) is 3.43. The predicted molar refractivity (Wildman–Crippen MR) is 93.8 cm³/mol. The molecule has 0 saturated heterocycles. The van der Waals surface area contributed by atoms with Gasteiger partial charge < -0.3 is 40.0 Å². The number of carbonyl (C=O) groups excluding carboxylic acids is 2. The quantitative estimate of drug-likeness (QED) is 0.243. The SMILES string of the molecule is [B]C(=O)OCc1ccc(O[C@@H](O)C(O)C(O)C(OC)C(=O)O)c(NC(C)=O)c1. The number of carboxylic acids is 1. The molecule has 1 aromatic rings. The zero-order valence-electron chi connectivity index (χ0n) is 15.1. The van der Waals surface area contributed by atoms with Crippen LogP contribution in [0.25, 0.3) is 0 Å². The highest BCUT2D eigenvalue weighted by Crippen LogP contribution is 2.28. The number of aliphatic hydroxyl groups excluding tert-OH is 3. The van der Waals surface area contributed by atoms with Crippen LogP contribution in [0.5, 0.6) is 5.75 Å². The molecule has 1 aromatic carbocycles. The first kappa shape index (κ1) is 23.4. The molecule has 5 N–H and O–H groups in total. The summed E-state index contributed by atoms with van der Waals surface area (Å²) in [6.45, 7) is 1.02. The van der Waals surface area contributed by atoms with Crippen molar-refractivity contribution >= 4 is 31.3 Å². The van der Waals surface area contributed by atoms with Crippen LogP contribution in [-0.4, -0.2) is 77.7 Å². The normalized spacial score (nSPS) is 15.0. The summed E-state index contributed by atoms with van der Waals surface area (Å²) in [5, 5.41) is 41.1. The van der Waals surface area contributed by atoms with Gasteiger partial charge in [0.05, 0.1) is 5.69 Å². The van der Waals surface area contributed by atoms with Crippen LogP contribution < -0.4 is 10.1 Å². The van der Waals surface area contributed by atoms with Gasteiger partial charge in [0.1, 0.15) is 24.6 Å². The smallest absolute Gasteiger partial charge is 0.335 e. The van der Waals surface area contributed by atoms with Crippen LogP contribution in [-0.2, 0) is 25.7 Å². The third kappa shape index (κ3) is 6.81. The number of aliphatic carboxylic acids is 1. The molecule has 0 aliphatic carbocycles. The number of benzene rings is 1. The molecule has 0 aromatic heterocycles. The molecule has 0 spiro atoms. The number of rotatable bonds is 10. The fourth-order valence-electron chi connectivity index (χ4n) is 2.15. The Morgan fingerprint density at radius 3 is 2.32 bits per heavy atom. The van der Waals surface area contributed by atoms with Crippen LogP contribution in [0.15, 0.2) is 18.2 Å². The number of amides is 1. The fraction of sp³-hybridized carbons (Fsp3) is 0.438. The van der Waals surface area contributed by atoms with Gasteiger partial charge in [-0.15, -0.1) is 0 Å². The minimum atomic E-state index is -2.06. The Morgan fingerprint density at radius 1 is 1.18 bits per heavy atom. The molecule has 152 valence electrons. The standard InChI is InChI=1S/C16H20BNO10/c1-7(19)18-9-5-8(6-27-16(17)25)3-4-10(9)28-15(24)12(21)11(20)13(26-2)14(22)23/h3-5,11-13,15,20-21,24H,6H2,1-2H3,(H,18,19)(H,22,23)/t11?,12?,13?,15-/m1/s1. The van der Waals surface area contributed by atoms with E-state index in [0.29, 0.717) is 5.56 Å². The van der Waals surface area contributed by atoms with Gasteiger partial charge in [-0.05, 0) is 17.7 Å². The fourth-order valence-corrected chi connectivity index (χ4v) is 2.15. The van der Waals surface area contributed by atoms with Gasteiger partial charge in [-0.25, -0.2) is 4.79 Å². The predicted octanol–water partition coefficient (Wildman–Crippen LogP) is -1.03. The Bertz CT molecular complexity index is 713. The first-order valence-corrected chi connectivity index (χ1v) is 7.86. The molecule has 0 fully saturated rings. The lowest BCUT2D eigenvalue weighted by molar-refractivity contribution is -0.184. The number of methoxy groups -OCH3 is 1. The van der Waals surface area contributed by atoms with E-state index in [4.69, 9.17) is 17.7 Å². The lowest BCUT2D eigenvalue weighted by Gasteiger charge is -2.27. The van der Waals surface area contributed by atoms with E-state index in [1.807, 2.05) is 0 Å². The number of hydrogen-bond acceptors (Lipinski definition) is 9. The topological polar surface area (TPSA) is 172 Å². The molecule has 12 heteroatoms. The summed E-state index contributed by atoms with van der Waals surface area (Å²) in [6, 6.07) is 4.08. The minimum absolute atomic E-state index is 0.0559. The summed E-state index contributed by atoms with van der Waals surface area (Å²) in [5.74, 6) is -3.15. The number of aliphatic hydroxyl groups is 3. The molecule has 3 unspecified atom stereocenters. The summed E-state index contributed by atoms with van der Waals surface area (Å²) in [4.78, 5) is 33.0. The average molecular weight is 397 g/mol. The van der Waals surface area contributed by atoms with Gasteiger partial charge in [0.15, 0.2) is 6.10 Å². The first-order chi connectivity index (χ1) is 13.1. The van der Waals surface area contributed by atoms with Crippen molar-refractivity contribution < 1.29 is 49.0 Å². The van der Waals surface area contributed by atoms with Crippen molar-refractivity contribution in [2.24, 2.45) is 0 Å².